The third-order valence-electron chi connectivity index (χ3n) is 2.67. The van der Waals surface area contributed by atoms with Crippen LogP contribution in [0.3, 0.4) is 0 Å². The van der Waals surface area contributed by atoms with Gasteiger partial charge in [-0.3, -0.25) is 9.78 Å². The van der Waals surface area contributed by atoms with Crippen molar-refractivity contribution in [1.82, 2.24) is 15.2 Å². The molecule has 0 amide bonds. The summed E-state index contributed by atoms with van der Waals surface area (Å²) in [7, 11) is 0. The second-order valence-electron chi connectivity index (χ2n) is 4.12. The Morgan fingerprint density at radius 2 is 2.05 bits per heavy atom. The number of aromatic nitrogens is 3. The number of hydrazone groups is 1. The maximum Gasteiger partial charge on any atom is 0.274 e. The molecule has 0 spiro atoms. The number of aromatic amines is 1. The highest BCUT2D eigenvalue weighted by atomic mass is 19.1. The molecule has 2 rings (SSSR count). The Hall–Kier alpha value is -2.57. The third kappa shape index (κ3) is 3.25. The molecule has 2 N–H and O–H groups in total. The van der Waals surface area contributed by atoms with Crippen LogP contribution in [0.15, 0.2) is 34.2 Å². The molecule has 1 aromatic heterocycles. The monoisotopic (exact) mass is 275 g/mol. The lowest BCUT2D eigenvalue weighted by Crippen LogP contribution is -2.16. The summed E-state index contributed by atoms with van der Waals surface area (Å²) >= 11 is 0. The van der Waals surface area contributed by atoms with Crippen LogP contribution in [0.2, 0.25) is 0 Å². The summed E-state index contributed by atoms with van der Waals surface area (Å²) in [5.74, 6) is -0.139. The summed E-state index contributed by atoms with van der Waals surface area (Å²) in [4.78, 5) is 13.9. The first-order chi connectivity index (χ1) is 9.60. The van der Waals surface area contributed by atoms with Crippen molar-refractivity contribution in [3.8, 4) is 0 Å². The van der Waals surface area contributed by atoms with Crippen molar-refractivity contribution in [3.63, 3.8) is 0 Å². The molecule has 0 atom stereocenters. The number of nitrogens with one attached hydrogen (secondary N) is 2. The Morgan fingerprint density at radius 3 is 2.65 bits per heavy atom. The van der Waals surface area contributed by atoms with Crippen molar-refractivity contribution < 1.29 is 4.39 Å². The summed E-state index contributed by atoms with van der Waals surface area (Å²) in [6, 6.07) is 6.02. The first kappa shape index (κ1) is 13.9. The van der Waals surface area contributed by atoms with Crippen LogP contribution >= 0.6 is 0 Å². The number of nitrogens with zero attached hydrogens (tertiary/aromatic N) is 3. The number of rotatable bonds is 4. The van der Waals surface area contributed by atoms with E-state index >= 15 is 0 Å². The average molecular weight is 275 g/mol. The van der Waals surface area contributed by atoms with E-state index in [9.17, 15) is 9.18 Å². The summed E-state index contributed by atoms with van der Waals surface area (Å²) in [6.45, 7) is 3.49. The smallest absolute Gasteiger partial charge is 0.274 e. The van der Waals surface area contributed by atoms with Crippen LogP contribution in [0, 0.1) is 12.7 Å². The molecule has 0 saturated carbocycles. The van der Waals surface area contributed by atoms with Gasteiger partial charge in [0.2, 0.25) is 5.95 Å². The Kier molecular flexibility index (Phi) is 4.19. The number of halogens is 1. The SMILES string of the molecule is CC/C(=N\Nc1nnc(C)c(=O)[nH]1)c1ccc(F)cc1. The number of hydrogen-bond acceptors (Lipinski definition) is 5. The first-order valence-corrected chi connectivity index (χ1v) is 6.12. The Labute approximate surface area is 114 Å². The van der Waals surface area contributed by atoms with Crippen molar-refractivity contribution in [2.45, 2.75) is 20.3 Å². The molecule has 0 aliphatic heterocycles. The average Bonchev–Trinajstić information content (AvgIpc) is 2.45. The highest BCUT2D eigenvalue weighted by molar-refractivity contribution is 6.00. The van der Waals surface area contributed by atoms with Gasteiger partial charge in [0.1, 0.15) is 11.5 Å². The summed E-state index contributed by atoms with van der Waals surface area (Å²) < 4.78 is 12.9. The van der Waals surface area contributed by atoms with Gasteiger partial charge >= 0.3 is 0 Å². The lowest BCUT2D eigenvalue weighted by Gasteiger charge is -2.05. The standard InChI is InChI=1S/C13H14FN5O/c1-3-11(9-4-6-10(14)7-5-9)17-19-13-15-12(20)8(2)16-18-13/h4-7H,3H2,1-2H3,(H2,15,18,19,20)/b17-11+. The normalized spacial score (nSPS) is 11.4. The van der Waals surface area contributed by atoms with Gasteiger partial charge in [0.05, 0.1) is 5.71 Å². The molecule has 0 bridgehead atoms. The van der Waals surface area contributed by atoms with Crippen molar-refractivity contribution in [2.75, 3.05) is 5.43 Å². The van der Waals surface area contributed by atoms with Gasteiger partial charge in [-0.1, -0.05) is 19.1 Å². The van der Waals surface area contributed by atoms with Crippen LogP contribution in [0.4, 0.5) is 10.3 Å². The number of hydrogen-bond donors (Lipinski definition) is 2. The minimum Gasteiger partial charge on any atom is -0.288 e. The second kappa shape index (κ2) is 6.05. The zero-order valence-corrected chi connectivity index (χ0v) is 11.1. The molecule has 0 unspecified atom stereocenters. The molecular formula is C13H14FN5O. The maximum atomic E-state index is 12.9. The summed E-state index contributed by atoms with van der Waals surface area (Å²) in [5, 5.41) is 11.6. The van der Waals surface area contributed by atoms with Gasteiger partial charge in [0, 0.05) is 0 Å². The molecule has 7 heteroatoms. The van der Waals surface area contributed by atoms with Crippen molar-refractivity contribution >= 4 is 11.7 Å². The molecule has 0 fully saturated rings. The van der Waals surface area contributed by atoms with Gasteiger partial charge in [-0.05, 0) is 31.0 Å². The van der Waals surface area contributed by atoms with E-state index in [1.165, 1.54) is 12.1 Å². The van der Waals surface area contributed by atoms with Gasteiger partial charge in [0.15, 0.2) is 0 Å². The molecule has 1 heterocycles. The molecule has 6 nitrogen and oxygen atoms in total. The molecule has 2 aromatic rings. The lowest BCUT2D eigenvalue weighted by atomic mass is 10.1. The Bertz CT molecular complexity index is 678. The third-order valence-corrected chi connectivity index (χ3v) is 2.67. The molecule has 20 heavy (non-hydrogen) atoms. The minimum atomic E-state index is -0.322. The molecule has 104 valence electrons. The number of H-pyrrole nitrogens is 1. The van der Waals surface area contributed by atoms with E-state index in [-0.39, 0.29) is 23.0 Å². The fourth-order valence-corrected chi connectivity index (χ4v) is 1.55. The van der Waals surface area contributed by atoms with Gasteiger partial charge < -0.3 is 0 Å². The van der Waals surface area contributed by atoms with Crippen LogP contribution in [0.1, 0.15) is 24.6 Å². The molecule has 0 aliphatic carbocycles. The van der Waals surface area contributed by atoms with Gasteiger partial charge in [-0.25, -0.2) is 9.82 Å². The van der Waals surface area contributed by atoms with Gasteiger partial charge in [0.25, 0.3) is 5.56 Å². The van der Waals surface area contributed by atoms with E-state index in [1.54, 1.807) is 19.1 Å². The number of aryl methyl sites for hydroxylation is 1. The van der Waals surface area contributed by atoms with Crippen LogP contribution in [0.5, 0.6) is 0 Å². The van der Waals surface area contributed by atoms with Crippen molar-refractivity contribution in [1.29, 1.82) is 0 Å². The first-order valence-electron chi connectivity index (χ1n) is 6.12. The van der Waals surface area contributed by atoms with E-state index < -0.39 is 0 Å². The molecule has 1 aromatic carbocycles. The van der Waals surface area contributed by atoms with E-state index in [0.717, 1.165) is 5.56 Å². The minimum absolute atomic E-state index is 0.161. The highest BCUT2D eigenvalue weighted by Crippen LogP contribution is 2.07. The largest absolute Gasteiger partial charge is 0.288 e. The van der Waals surface area contributed by atoms with E-state index in [2.05, 4.69) is 25.7 Å². The summed E-state index contributed by atoms with van der Waals surface area (Å²) in [5.41, 5.74) is 4.12. The summed E-state index contributed by atoms with van der Waals surface area (Å²) in [6.07, 6.45) is 0.641. The predicted octanol–water partition coefficient (Wildman–Crippen LogP) is 1.84. The van der Waals surface area contributed by atoms with Crippen LogP contribution in [-0.2, 0) is 0 Å². The van der Waals surface area contributed by atoms with Crippen molar-refractivity contribution in [2.24, 2.45) is 5.10 Å². The maximum absolute atomic E-state index is 12.9. The molecule has 0 radical (unpaired) electrons. The zero-order valence-electron chi connectivity index (χ0n) is 11.1. The Morgan fingerprint density at radius 1 is 1.35 bits per heavy atom. The quantitative estimate of drug-likeness (QED) is 0.658. The second-order valence-corrected chi connectivity index (χ2v) is 4.12. The fourth-order valence-electron chi connectivity index (χ4n) is 1.55. The highest BCUT2D eigenvalue weighted by Gasteiger charge is 2.03. The number of benzene rings is 1. The topological polar surface area (TPSA) is 83.0 Å². The molecular weight excluding hydrogens is 261 g/mol. The van der Waals surface area contributed by atoms with Gasteiger partial charge in [-0.15, -0.1) is 10.2 Å². The molecule has 0 saturated heterocycles. The number of anilines is 1. The van der Waals surface area contributed by atoms with Crippen LogP contribution < -0.4 is 11.0 Å². The van der Waals surface area contributed by atoms with E-state index in [4.69, 9.17) is 0 Å². The van der Waals surface area contributed by atoms with Crippen LogP contribution in [-0.4, -0.2) is 20.9 Å². The van der Waals surface area contributed by atoms with E-state index in [0.29, 0.717) is 12.1 Å². The fraction of sp³-hybridized carbons (Fsp3) is 0.231. The lowest BCUT2D eigenvalue weighted by molar-refractivity contribution is 0.627. The Balaban J connectivity index is 2.21. The van der Waals surface area contributed by atoms with Crippen molar-refractivity contribution in [3.05, 3.63) is 51.7 Å². The predicted molar refractivity (Wildman–Crippen MR) is 74.2 cm³/mol. The van der Waals surface area contributed by atoms with Gasteiger partial charge in [-0.2, -0.15) is 5.10 Å². The zero-order chi connectivity index (χ0) is 14.5. The van der Waals surface area contributed by atoms with E-state index in [1.807, 2.05) is 6.92 Å². The molecule has 0 aliphatic rings. The van der Waals surface area contributed by atoms with Crippen LogP contribution in [0.25, 0.3) is 0 Å².